The first kappa shape index (κ1) is 11.3. The quantitative estimate of drug-likeness (QED) is 0.641. The third kappa shape index (κ3) is 3.45. The van der Waals surface area contributed by atoms with Crippen molar-refractivity contribution in [2.24, 2.45) is 0 Å². The Hall–Kier alpha value is -1.79. The van der Waals surface area contributed by atoms with Crippen LogP contribution in [-0.2, 0) is 4.79 Å². The van der Waals surface area contributed by atoms with Crippen molar-refractivity contribution in [2.75, 3.05) is 0 Å². The lowest BCUT2D eigenvalue weighted by molar-refractivity contribution is -0.146. The molecule has 1 aromatic heterocycles. The Morgan fingerprint density at radius 1 is 1.40 bits per heavy atom. The average Bonchev–Trinajstić information content (AvgIpc) is 2.45. The Bertz CT molecular complexity index is 428. The molecule has 0 bridgehead atoms. The van der Waals surface area contributed by atoms with Crippen LogP contribution in [-0.4, -0.2) is 20.9 Å². The lowest BCUT2D eigenvalue weighted by Gasteiger charge is -2.00. The van der Waals surface area contributed by atoms with Crippen molar-refractivity contribution in [2.45, 2.75) is 32.6 Å². The van der Waals surface area contributed by atoms with E-state index in [1.807, 2.05) is 17.0 Å². The predicted molar refractivity (Wildman–Crippen MR) is 51.4 cm³/mol. The highest BCUT2D eigenvalue weighted by molar-refractivity contribution is 5.69. The van der Waals surface area contributed by atoms with Crippen molar-refractivity contribution in [3.8, 4) is 0 Å². The van der Waals surface area contributed by atoms with Gasteiger partial charge in [0.05, 0.1) is 0 Å². The standard InChI is InChI=1S/C8H13N3O4/c1-2-3-4-5-6(12)15-11-8(14)9-7(13)10-11/h2-5H2,1H3,(H2,9,10,13,14). The number of carbonyl (C=O) groups excluding carboxylic acids is 1. The van der Waals surface area contributed by atoms with Crippen LogP contribution in [0.2, 0.25) is 0 Å². The Morgan fingerprint density at radius 3 is 2.67 bits per heavy atom. The number of aromatic amines is 2. The van der Waals surface area contributed by atoms with Gasteiger partial charge in [0, 0.05) is 6.42 Å². The zero-order valence-corrected chi connectivity index (χ0v) is 8.41. The maximum atomic E-state index is 11.1. The van der Waals surface area contributed by atoms with Crippen molar-refractivity contribution in [1.82, 2.24) is 14.9 Å². The number of carbonyl (C=O) groups is 1. The zero-order valence-electron chi connectivity index (χ0n) is 8.41. The van der Waals surface area contributed by atoms with Gasteiger partial charge >= 0.3 is 17.3 Å². The molecular weight excluding hydrogens is 202 g/mol. The smallest absolute Gasteiger partial charge is 0.316 e. The fraction of sp³-hybridized carbons (Fsp3) is 0.625. The van der Waals surface area contributed by atoms with Gasteiger partial charge in [0.1, 0.15) is 0 Å². The lowest BCUT2D eigenvalue weighted by Crippen LogP contribution is -2.30. The summed E-state index contributed by atoms with van der Waals surface area (Å²) in [5, 5.41) is 2.02. The molecule has 0 aliphatic heterocycles. The second-order valence-electron chi connectivity index (χ2n) is 3.09. The molecule has 0 aliphatic carbocycles. The van der Waals surface area contributed by atoms with Crippen LogP contribution in [0.3, 0.4) is 0 Å². The number of nitrogens with one attached hydrogen (secondary N) is 2. The van der Waals surface area contributed by atoms with Gasteiger partial charge in [-0.15, -0.1) is 0 Å². The molecule has 0 spiro atoms. The molecule has 1 heterocycles. The van der Waals surface area contributed by atoms with Crippen LogP contribution in [0.25, 0.3) is 0 Å². The Morgan fingerprint density at radius 2 is 2.13 bits per heavy atom. The van der Waals surface area contributed by atoms with Crippen LogP contribution in [0.15, 0.2) is 9.59 Å². The van der Waals surface area contributed by atoms with Crippen molar-refractivity contribution in [3.63, 3.8) is 0 Å². The third-order valence-corrected chi connectivity index (χ3v) is 1.79. The van der Waals surface area contributed by atoms with Gasteiger partial charge in [0.15, 0.2) is 0 Å². The van der Waals surface area contributed by atoms with Crippen molar-refractivity contribution < 1.29 is 9.63 Å². The van der Waals surface area contributed by atoms with E-state index >= 15 is 0 Å². The van der Waals surface area contributed by atoms with Crippen molar-refractivity contribution in [1.29, 1.82) is 0 Å². The maximum absolute atomic E-state index is 11.1. The highest BCUT2D eigenvalue weighted by Gasteiger charge is 2.07. The Balaban J connectivity index is 2.48. The number of unbranched alkanes of at least 4 members (excludes halogenated alkanes) is 2. The first-order valence-electron chi connectivity index (χ1n) is 4.76. The van der Waals surface area contributed by atoms with Gasteiger partial charge in [0.25, 0.3) is 0 Å². The number of nitrogens with zero attached hydrogens (tertiary/aromatic N) is 1. The largest absolute Gasteiger partial charge is 0.379 e. The molecule has 0 unspecified atom stereocenters. The van der Waals surface area contributed by atoms with E-state index in [4.69, 9.17) is 0 Å². The minimum absolute atomic E-state index is 0.230. The third-order valence-electron chi connectivity index (χ3n) is 1.79. The fourth-order valence-electron chi connectivity index (χ4n) is 1.05. The topological polar surface area (TPSA) is 96.9 Å². The summed E-state index contributed by atoms with van der Waals surface area (Å²) in [5.41, 5.74) is -1.50. The van der Waals surface area contributed by atoms with Gasteiger partial charge in [-0.1, -0.05) is 19.8 Å². The molecule has 15 heavy (non-hydrogen) atoms. The molecular formula is C8H13N3O4. The average molecular weight is 215 g/mol. The van der Waals surface area contributed by atoms with Gasteiger partial charge in [-0.2, -0.15) is 0 Å². The molecule has 2 N–H and O–H groups in total. The van der Waals surface area contributed by atoms with Crippen molar-refractivity contribution in [3.05, 3.63) is 21.0 Å². The molecule has 1 rings (SSSR count). The van der Waals surface area contributed by atoms with E-state index in [0.717, 1.165) is 12.8 Å². The second-order valence-corrected chi connectivity index (χ2v) is 3.09. The minimum atomic E-state index is -0.788. The molecule has 7 heteroatoms. The van der Waals surface area contributed by atoms with E-state index in [9.17, 15) is 14.4 Å². The SMILES string of the molecule is CCCCCC(=O)On1[nH]c(=O)[nH]c1=O. The normalized spacial score (nSPS) is 10.2. The van der Waals surface area contributed by atoms with E-state index in [1.54, 1.807) is 0 Å². The van der Waals surface area contributed by atoms with E-state index < -0.39 is 17.3 Å². The maximum Gasteiger partial charge on any atom is 0.379 e. The van der Waals surface area contributed by atoms with Gasteiger partial charge in [0.2, 0.25) is 0 Å². The molecule has 0 aliphatic rings. The van der Waals surface area contributed by atoms with E-state index in [-0.39, 0.29) is 6.42 Å². The highest BCUT2D eigenvalue weighted by atomic mass is 16.7. The molecule has 0 radical (unpaired) electrons. The number of H-pyrrole nitrogens is 2. The molecule has 0 amide bonds. The predicted octanol–water partition coefficient (Wildman–Crippen LogP) is -0.600. The number of hydrogen-bond donors (Lipinski definition) is 2. The van der Waals surface area contributed by atoms with Gasteiger partial charge in [-0.25, -0.2) is 19.5 Å². The minimum Gasteiger partial charge on any atom is -0.316 e. The first-order valence-corrected chi connectivity index (χ1v) is 4.76. The lowest BCUT2D eigenvalue weighted by atomic mass is 10.2. The van der Waals surface area contributed by atoms with Gasteiger partial charge in [-0.3, -0.25) is 4.98 Å². The highest BCUT2D eigenvalue weighted by Crippen LogP contribution is 1.98. The van der Waals surface area contributed by atoms with Crippen LogP contribution in [0.1, 0.15) is 32.6 Å². The Labute approximate surface area is 85.0 Å². The number of aromatic nitrogens is 3. The molecule has 0 atom stereocenters. The zero-order chi connectivity index (χ0) is 11.3. The van der Waals surface area contributed by atoms with Crippen LogP contribution in [0.5, 0.6) is 0 Å². The summed E-state index contributed by atoms with van der Waals surface area (Å²) in [6, 6.07) is 0. The molecule has 7 nitrogen and oxygen atoms in total. The summed E-state index contributed by atoms with van der Waals surface area (Å²) >= 11 is 0. The summed E-state index contributed by atoms with van der Waals surface area (Å²) in [7, 11) is 0. The molecule has 0 fully saturated rings. The molecule has 0 saturated heterocycles. The molecule has 0 saturated carbocycles. The summed E-state index contributed by atoms with van der Waals surface area (Å²) in [4.78, 5) is 39.7. The summed E-state index contributed by atoms with van der Waals surface area (Å²) in [6.45, 7) is 2.01. The second kappa shape index (κ2) is 5.18. The van der Waals surface area contributed by atoms with E-state index in [2.05, 4.69) is 4.84 Å². The van der Waals surface area contributed by atoms with Crippen LogP contribution < -0.4 is 16.2 Å². The van der Waals surface area contributed by atoms with Gasteiger partial charge < -0.3 is 4.84 Å². The monoisotopic (exact) mass is 215 g/mol. The van der Waals surface area contributed by atoms with Crippen molar-refractivity contribution >= 4 is 5.97 Å². The van der Waals surface area contributed by atoms with Crippen LogP contribution in [0.4, 0.5) is 0 Å². The van der Waals surface area contributed by atoms with E-state index in [0.29, 0.717) is 11.3 Å². The summed E-state index contributed by atoms with van der Waals surface area (Å²) < 4.78 is 0. The summed E-state index contributed by atoms with van der Waals surface area (Å²) in [6.07, 6.45) is 2.86. The van der Waals surface area contributed by atoms with Gasteiger partial charge in [-0.05, 0) is 11.3 Å². The fourth-order valence-corrected chi connectivity index (χ4v) is 1.05. The number of rotatable bonds is 5. The van der Waals surface area contributed by atoms with E-state index in [1.165, 1.54) is 0 Å². The molecule has 1 aromatic rings. The molecule has 84 valence electrons. The summed E-state index contributed by atoms with van der Waals surface area (Å²) in [5.74, 6) is -0.541. The van der Waals surface area contributed by atoms with Crippen LogP contribution >= 0.6 is 0 Å². The first-order chi connectivity index (χ1) is 7.13. The number of hydrogen-bond acceptors (Lipinski definition) is 4. The molecule has 0 aromatic carbocycles. The van der Waals surface area contributed by atoms with Crippen LogP contribution in [0, 0.1) is 0 Å². The Kier molecular flexibility index (Phi) is 3.90.